The summed E-state index contributed by atoms with van der Waals surface area (Å²) in [6.45, 7) is 4.50. The zero-order valence-corrected chi connectivity index (χ0v) is 41.4. The molecule has 0 radical (unpaired) electrons. The van der Waals surface area contributed by atoms with E-state index in [0.29, 0.717) is 0 Å². The van der Waals surface area contributed by atoms with Gasteiger partial charge in [0.15, 0.2) is 0 Å². The molecular formula is C58H50Cl2S2Zr. The summed E-state index contributed by atoms with van der Waals surface area (Å²) in [5, 5.41) is 5.30. The Hall–Kier alpha value is -4.60. The van der Waals surface area contributed by atoms with Crippen molar-refractivity contribution in [3.8, 4) is 64.0 Å². The molecule has 0 N–H and O–H groups in total. The number of hydrogen-bond donors (Lipinski definition) is 0. The Bertz CT molecular complexity index is 2730. The summed E-state index contributed by atoms with van der Waals surface area (Å²) in [5.74, 6) is 0. The fourth-order valence-electron chi connectivity index (χ4n) is 8.22. The summed E-state index contributed by atoms with van der Waals surface area (Å²) < 4.78 is 0. The third-order valence-corrected chi connectivity index (χ3v) is 13.9. The van der Waals surface area contributed by atoms with Gasteiger partial charge in [0, 0.05) is 9.75 Å². The summed E-state index contributed by atoms with van der Waals surface area (Å²) in [6, 6.07) is 71.2. The van der Waals surface area contributed by atoms with Crippen LogP contribution >= 0.6 is 22.7 Å². The Morgan fingerprint density at radius 2 is 0.762 bits per heavy atom. The summed E-state index contributed by atoms with van der Waals surface area (Å²) >= 11 is 3.73. The van der Waals surface area contributed by atoms with Crippen molar-refractivity contribution in [3.63, 3.8) is 0 Å². The molecule has 2 heterocycles. The van der Waals surface area contributed by atoms with Crippen LogP contribution in [0.3, 0.4) is 0 Å². The van der Waals surface area contributed by atoms with Crippen molar-refractivity contribution in [1.29, 1.82) is 0 Å². The zero-order chi connectivity index (χ0) is 40.7. The van der Waals surface area contributed by atoms with Crippen molar-refractivity contribution in [2.24, 2.45) is 0 Å². The third kappa shape index (κ3) is 11.2. The number of halogens is 2. The molecule has 0 aliphatic heterocycles. The largest absolute Gasteiger partial charge is 4.00 e. The maximum absolute atomic E-state index is 2.36. The van der Waals surface area contributed by atoms with Crippen LogP contribution in [0.1, 0.15) is 50.7 Å². The maximum atomic E-state index is 2.36. The van der Waals surface area contributed by atoms with Crippen LogP contribution in [-0.2, 0) is 39.0 Å². The summed E-state index contributed by atoms with van der Waals surface area (Å²) in [7, 11) is 0. The van der Waals surface area contributed by atoms with Gasteiger partial charge < -0.3 is 24.8 Å². The van der Waals surface area contributed by atoms with E-state index in [4.69, 9.17) is 0 Å². The van der Waals surface area contributed by atoms with Gasteiger partial charge in [-0.05, 0) is 68.8 Å². The molecule has 312 valence electrons. The molecule has 10 aromatic rings. The van der Waals surface area contributed by atoms with Crippen LogP contribution in [0.15, 0.2) is 194 Å². The second-order valence-electron chi connectivity index (χ2n) is 15.8. The van der Waals surface area contributed by atoms with Crippen LogP contribution < -0.4 is 24.8 Å². The molecule has 63 heavy (non-hydrogen) atoms. The van der Waals surface area contributed by atoms with Crippen molar-refractivity contribution in [3.05, 3.63) is 205 Å². The fourth-order valence-corrected chi connectivity index (χ4v) is 10.2. The second-order valence-corrected chi connectivity index (χ2v) is 17.9. The van der Waals surface area contributed by atoms with Gasteiger partial charge in [-0.25, -0.2) is 0 Å². The Balaban J connectivity index is 0.000000200. The van der Waals surface area contributed by atoms with E-state index in [0.717, 1.165) is 0 Å². The van der Waals surface area contributed by atoms with Crippen molar-refractivity contribution < 1.29 is 51.0 Å². The van der Waals surface area contributed by atoms with Crippen LogP contribution in [0.25, 0.3) is 85.6 Å². The smallest absolute Gasteiger partial charge is 1.00 e. The minimum absolute atomic E-state index is 0. The number of unbranched alkanes of at least 4 members (excludes halogenated alkanes) is 2. The summed E-state index contributed by atoms with van der Waals surface area (Å²) in [6.07, 6.45) is 7.34. The predicted octanol–water partition coefficient (Wildman–Crippen LogP) is 11.9. The number of hydrogen-bond acceptors (Lipinski definition) is 2. The first kappa shape index (κ1) is 47.9. The molecule has 5 heteroatoms. The fraction of sp³-hybridized carbons (Fsp3) is 0.138. The SMILES string of the molecule is CCCCc1ccc(-c2cccc3[cH-]c(-c4ccc(-c5ccccc5)s4)cc23)cc1.CCCCc1ccc(-c2cccc3[cH-]c(-c4ccc(-c5ccccc5)s4)cc23)cc1.[Cl-].[Cl-].[Zr+4]. The van der Waals surface area contributed by atoms with Gasteiger partial charge >= 0.3 is 26.2 Å². The second kappa shape index (κ2) is 22.8. The first-order valence-electron chi connectivity index (χ1n) is 21.5. The van der Waals surface area contributed by atoms with Gasteiger partial charge in [0.2, 0.25) is 0 Å². The molecule has 0 fully saturated rings. The Morgan fingerprint density at radius 1 is 0.381 bits per heavy atom. The average Bonchev–Trinajstić information content (AvgIpc) is 4.15. The average molecular weight is 973 g/mol. The van der Waals surface area contributed by atoms with Crippen LogP contribution in [-0.4, -0.2) is 0 Å². The number of fused-ring (bicyclic) bond motifs is 2. The van der Waals surface area contributed by atoms with Crippen LogP contribution in [0.5, 0.6) is 0 Å². The van der Waals surface area contributed by atoms with Gasteiger partial charge in [-0.2, -0.15) is 22.7 Å². The van der Waals surface area contributed by atoms with E-state index in [1.807, 2.05) is 22.7 Å². The van der Waals surface area contributed by atoms with E-state index in [9.17, 15) is 0 Å². The molecule has 0 spiro atoms. The topological polar surface area (TPSA) is 0 Å². The molecule has 10 rings (SSSR count). The van der Waals surface area contributed by atoms with Gasteiger partial charge in [0.05, 0.1) is 0 Å². The van der Waals surface area contributed by atoms with E-state index in [1.165, 1.54) is 135 Å². The molecule has 0 aliphatic rings. The molecule has 8 aromatic carbocycles. The maximum Gasteiger partial charge on any atom is 4.00 e. The number of thiophene rings is 2. The minimum Gasteiger partial charge on any atom is -1.00 e. The van der Waals surface area contributed by atoms with Gasteiger partial charge in [-0.1, -0.05) is 196 Å². The zero-order valence-electron chi connectivity index (χ0n) is 35.8. The van der Waals surface area contributed by atoms with Gasteiger partial charge in [-0.15, -0.1) is 69.1 Å². The molecule has 0 amide bonds. The standard InChI is InChI=1S/2C29H25S.2ClH.Zr/c2*1-2-3-8-21-13-15-22(16-14-21)26-12-7-11-24-19-25(20-27(24)26)29-18-17-28(30-29)23-9-5-4-6-10-23;;;/h2*4-7,9-20H,2-3,8H2,1H3;2*1H;/q2*-1;;;+4/p-2. The van der Waals surface area contributed by atoms with E-state index >= 15 is 0 Å². The predicted molar refractivity (Wildman–Crippen MR) is 265 cm³/mol. The quantitative estimate of drug-likeness (QED) is 0.107. The van der Waals surface area contributed by atoms with Crippen molar-refractivity contribution in [2.45, 2.75) is 52.4 Å². The number of aryl methyl sites for hydroxylation is 2. The first-order valence-corrected chi connectivity index (χ1v) is 23.2. The normalized spacial score (nSPS) is 10.7. The molecule has 0 unspecified atom stereocenters. The first-order chi connectivity index (χ1) is 29.6. The van der Waals surface area contributed by atoms with E-state index in [-0.39, 0.29) is 51.0 Å². The molecule has 0 saturated heterocycles. The third-order valence-electron chi connectivity index (χ3n) is 11.6. The molecular weight excluding hydrogens is 923 g/mol. The number of benzene rings is 6. The van der Waals surface area contributed by atoms with Gasteiger partial charge in [0.1, 0.15) is 0 Å². The van der Waals surface area contributed by atoms with E-state index < -0.39 is 0 Å². The molecule has 0 atom stereocenters. The van der Waals surface area contributed by atoms with Crippen LogP contribution in [0.4, 0.5) is 0 Å². The van der Waals surface area contributed by atoms with Crippen LogP contribution in [0.2, 0.25) is 0 Å². The molecule has 0 nitrogen and oxygen atoms in total. The van der Waals surface area contributed by atoms with Crippen LogP contribution in [0, 0.1) is 0 Å². The molecule has 2 aromatic heterocycles. The van der Waals surface area contributed by atoms with Gasteiger partial charge in [0.25, 0.3) is 0 Å². The molecule has 0 saturated carbocycles. The minimum atomic E-state index is 0. The monoisotopic (exact) mass is 970 g/mol. The van der Waals surface area contributed by atoms with E-state index in [1.54, 1.807) is 0 Å². The molecule has 0 bridgehead atoms. The Kier molecular flexibility index (Phi) is 17.4. The van der Waals surface area contributed by atoms with Crippen molar-refractivity contribution >= 4 is 44.2 Å². The van der Waals surface area contributed by atoms with Crippen molar-refractivity contribution in [2.75, 3.05) is 0 Å². The Labute approximate surface area is 413 Å². The van der Waals surface area contributed by atoms with Crippen molar-refractivity contribution in [1.82, 2.24) is 0 Å². The van der Waals surface area contributed by atoms with E-state index in [2.05, 4.69) is 208 Å². The summed E-state index contributed by atoms with van der Waals surface area (Å²) in [5.41, 5.74) is 13.3. The van der Waals surface area contributed by atoms with Gasteiger partial charge in [-0.3, -0.25) is 0 Å². The summed E-state index contributed by atoms with van der Waals surface area (Å²) in [4.78, 5) is 5.29. The number of rotatable bonds is 12. The Morgan fingerprint density at radius 3 is 1.14 bits per heavy atom. The molecule has 0 aliphatic carbocycles.